The Bertz CT molecular complexity index is 855. The quantitative estimate of drug-likeness (QED) is 0.833. The minimum atomic E-state index is -3.81. The van der Waals surface area contributed by atoms with Crippen LogP contribution in [0.25, 0.3) is 0 Å². The highest BCUT2D eigenvalue weighted by atomic mass is 32.2. The largest absolute Gasteiger partial charge is 0.370 e. The van der Waals surface area contributed by atoms with Crippen molar-refractivity contribution < 1.29 is 22.1 Å². The molecule has 1 fully saturated rings. The van der Waals surface area contributed by atoms with Crippen LogP contribution in [0.1, 0.15) is 37.0 Å². The Hall–Kier alpha value is -1.77. The highest BCUT2D eigenvalue weighted by Crippen LogP contribution is 2.36. The summed E-state index contributed by atoms with van der Waals surface area (Å²) in [6.07, 6.45) is -0.469. The zero-order valence-electron chi connectivity index (χ0n) is 14.6. The van der Waals surface area contributed by atoms with Gasteiger partial charge in [0.15, 0.2) is 5.76 Å². The average Bonchev–Trinajstić information content (AvgIpc) is 2.87. The fourth-order valence-electron chi connectivity index (χ4n) is 3.08. The van der Waals surface area contributed by atoms with Crippen molar-refractivity contribution in [2.75, 3.05) is 13.2 Å². The summed E-state index contributed by atoms with van der Waals surface area (Å²) in [5.74, 6) is -0.0850. The van der Waals surface area contributed by atoms with E-state index < -0.39 is 21.7 Å². The summed E-state index contributed by atoms with van der Waals surface area (Å²) >= 11 is 0. The molecule has 0 saturated carbocycles. The van der Waals surface area contributed by atoms with Crippen molar-refractivity contribution >= 4 is 10.0 Å². The number of aromatic nitrogens is 1. The van der Waals surface area contributed by atoms with Gasteiger partial charge in [0, 0.05) is 6.54 Å². The molecule has 1 unspecified atom stereocenters. The number of nitrogens with zero attached hydrogens (tertiary/aromatic N) is 2. The Balaban J connectivity index is 1.99. The smallest absolute Gasteiger partial charge is 0.249 e. The van der Waals surface area contributed by atoms with Gasteiger partial charge in [-0.05, 0) is 45.4 Å². The minimum Gasteiger partial charge on any atom is -0.370 e. The third-order valence-electron chi connectivity index (χ3n) is 4.40. The molecular formula is C17H21FN2O4S. The summed E-state index contributed by atoms with van der Waals surface area (Å²) in [7, 11) is -3.81. The summed E-state index contributed by atoms with van der Waals surface area (Å²) in [6, 6.07) is 5.90. The molecule has 1 aliphatic heterocycles. The lowest BCUT2D eigenvalue weighted by Crippen LogP contribution is -2.56. The van der Waals surface area contributed by atoms with Crippen molar-refractivity contribution in [1.82, 2.24) is 9.46 Å². The van der Waals surface area contributed by atoms with Crippen molar-refractivity contribution in [2.24, 2.45) is 0 Å². The molecule has 1 atom stereocenters. The Labute approximate surface area is 146 Å². The molecule has 1 aliphatic rings. The molecule has 25 heavy (non-hydrogen) atoms. The molecule has 1 saturated heterocycles. The van der Waals surface area contributed by atoms with Crippen LogP contribution in [0, 0.1) is 19.7 Å². The molecule has 6 nitrogen and oxygen atoms in total. The molecule has 1 aromatic heterocycles. The summed E-state index contributed by atoms with van der Waals surface area (Å²) in [5.41, 5.74) is 0.333. The molecule has 0 aliphatic carbocycles. The number of sulfonamides is 1. The van der Waals surface area contributed by atoms with Crippen LogP contribution in [0.15, 0.2) is 33.7 Å². The first kappa shape index (κ1) is 18.0. The zero-order chi connectivity index (χ0) is 18.4. The predicted molar refractivity (Wildman–Crippen MR) is 89.0 cm³/mol. The summed E-state index contributed by atoms with van der Waals surface area (Å²) < 4.78 is 52.0. The van der Waals surface area contributed by atoms with Crippen LogP contribution in [0.5, 0.6) is 0 Å². The average molecular weight is 368 g/mol. The molecule has 3 rings (SSSR count). The van der Waals surface area contributed by atoms with Crippen molar-refractivity contribution in [2.45, 2.75) is 44.2 Å². The Morgan fingerprint density at radius 1 is 1.24 bits per heavy atom. The molecule has 0 radical (unpaired) electrons. The van der Waals surface area contributed by atoms with E-state index in [4.69, 9.17) is 9.26 Å². The first-order valence-electron chi connectivity index (χ1n) is 7.96. The highest BCUT2D eigenvalue weighted by Gasteiger charge is 2.45. The van der Waals surface area contributed by atoms with Gasteiger partial charge < -0.3 is 9.26 Å². The number of aryl methyl sites for hydroxylation is 2. The van der Waals surface area contributed by atoms with Crippen LogP contribution in [0.2, 0.25) is 0 Å². The van der Waals surface area contributed by atoms with Crippen LogP contribution >= 0.6 is 0 Å². The van der Waals surface area contributed by atoms with Crippen LogP contribution in [0.3, 0.4) is 0 Å². The number of benzene rings is 1. The molecular weight excluding hydrogens is 347 g/mol. The molecule has 8 heteroatoms. The summed E-state index contributed by atoms with van der Waals surface area (Å²) in [6.45, 7) is 7.15. The van der Waals surface area contributed by atoms with E-state index in [1.54, 1.807) is 26.0 Å². The Kier molecular flexibility index (Phi) is 4.47. The zero-order valence-corrected chi connectivity index (χ0v) is 15.4. The Morgan fingerprint density at radius 2 is 1.88 bits per heavy atom. The minimum absolute atomic E-state index is 0.0975. The first-order chi connectivity index (χ1) is 11.6. The third-order valence-corrected chi connectivity index (χ3v) is 6.72. The van der Waals surface area contributed by atoms with Crippen molar-refractivity contribution in [1.29, 1.82) is 0 Å². The van der Waals surface area contributed by atoms with Gasteiger partial charge in [-0.2, -0.15) is 4.31 Å². The third kappa shape index (κ3) is 3.21. The van der Waals surface area contributed by atoms with E-state index in [1.165, 1.54) is 16.4 Å². The normalized spacial score (nSPS) is 21.4. The summed E-state index contributed by atoms with van der Waals surface area (Å²) in [4.78, 5) is 0.0975. The molecule has 0 bridgehead atoms. The lowest BCUT2D eigenvalue weighted by atomic mass is 10.0. The predicted octanol–water partition coefficient (Wildman–Crippen LogP) is 2.97. The van der Waals surface area contributed by atoms with Crippen LogP contribution in [-0.4, -0.2) is 36.6 Å². The number of hydrogen-bond donors (Lipinski definition) is 0. The number of morpholine rings is 1. The van der Waals surface area contributed by atoms with Gasteiger partial charge in [0.2, 0.25) is 10.0 Å². The van der Waals surface area contributed by atoms with E-state index in [2.05, 4.69) is 5.16 Å². The van der Waals surface area contributed by atoms with Gasteiger partial charge >= 0.3 is 0 Å². The molecule has 0 N–H and O–H groups in total. The van der Waals surface area contributed by atoms with Gasteiger partial charge in [-0.25, -0.2) is 12.8 Å². The molecule has 2 heterocycles. The molecule has 1 aromatic carbocycles. The standard InChI is InChI=1S/C17H21FN2O4S/c1-11-16(12(2)24-19-11)25(21,22)20-9-15(23-10-17(20,3)4)13-5-7-14(18)8-6-13/h5-8,15H,9-10H2,1-4H3. The molecule has 136 valence electrons. The van der Waals surface area contributed by atoms with E-state index in [0.29, 0.717) is 5.69 Å². The van der Waals surface area contributed by atoms with Crippen LogP contribution in [0.4, 0.5) is 4.39 Å². The molecule has 2 aromatic rings. The van der Waals surface area contributed by atoms with E-state index in [1.807, 2.05) is 13.8 Å². The van der Waals surface area contributed by atoms with Crippen LogP contribution < -0.4 is 0 Å². The lowest BCUT2D eigenvalue weighted by Gasteiger charge is -2.44. The van der Waals surface area contributed by atoms with Crippen molar-refractivity contribution in [3.8, 4) is 0 Å². The second-order valence-electron chi connectivity index (χ2n) is 6.85. The second-order valence-corrected chi connectivity index (χ2v) is 8.65. The maximum Gasteiger partial charge on any atom is 0.249 e. The Morgan fingerprint density at radius 3 is 2.44 bits per heavy atom. The molecule has 0 spiro atoms. The monoisotopic (exact) mass is 368 g/mol. The van der Waals surface area contributed by atoms with E-state index in [0.717, 1.165) is 5.56 Å². The number of ether oxygens (including phenoxy) is 1. The first-order valence-corrected chi connectivity index (χ1v) is 9.40. The lowest BCUT2D eigenvalue weighted by molar-refractivity contribution is -0.0655. The van der Waals surface area contributed by atoms with Crippen molar-refractivity contribution in [3.63, 3.8) is 0 Å². The molecule has 0 amide bonds. The summed E-state index contributed by atoms with van der Waals surface area (Å²) in [5, 5.41) is 3.76. The van der Waals surface area contributed by atoms with Gasteiger partial charge in [-0.3, -0.25) is 0 Å². The SMILES string of the molecule is Cc1noc(C)c1S(=O)(=O)N1CC(c2ccc(F)cc2)OCC1(C)C. The topological polar surface area (TPSA) is 72.6 Å². The van der Waals surface area contributed by atoms with Gasteiger partial charge in [-0.15, -0.1) is 0 Å². The van der Waals surface area contributed by atoms with E-state index in [-0.39, 0.29) is 29.6 Å². The van der Waals surface area contributed by atoms with E-state index >= 15 is 0 Å². The second kappa shape index (κ2) is 6.19. The van der Waals surface area contributed by atoms with Crippen LogP contribution in [-0.2, 0) is 14.8 Å². The number of rotatable bonds is 3. The van der Waals surface area contributed by atoms with E-state index in [9.17, 15) is 12.8 Å². The maximum atomic E-state index is 13.2. The number of halogens is 1. The highest BCUT2D eigenvalue weighted by molar-refractivity contribution is 7.89. The van der Waals surface area contributed by atoms with Gasteiger partial charge in [0.25, 0.3) is 0 Å². The fourth-order valence-corrected chi connectivity index (χ4v) is 5.15. The van der Waals surface area contributed by atoms with Crippen molar-refractivity contribution in [3.05, 3.63) is 47.1 Å². The van der Waals surface area contributed by atoms with Gasteiger partial charge in [-0.1, -0.05) is 17.3 Å². The van der Waals surface area contributed by atoms with Gasteiger partial charge in [0.1, 0.15) is 16.4 Å². The number of hydrogen-bond acceptors (Lipinski definition) is 5. The fraction of sp³-hybridized carbons (Fsp3) is 0.471. The maximum absolute atomic E-state index is 13.2. The van der Waals surface area contributed by atoms with Gasteiger partial charge in [0.05, 0.1) is 18.2 Å².